The number of hydrogen-bond donors (Lipinski definition) is 1. The Bertz CT molecular complexity index is 336. The standard InChI is InChI=1S/C14H19NO/c1-2-10-15-14(3-1)11-4-6-12(7-5-11)16-13-8-9-13/h4-7,13-15H,1-3,8-10H2. The Morgan fingerprint density at radius 3 is 2.44 bits per heavy atom. The van der Waals surface area contributed by atoms with Crippen molar-refractivity contribution >= 4 is 0 Å². The lowest BCUT2D eigenvalue weighted by Crippen LogP contribution is -2.26. The topological polar surface area (TPSA) is 21.3 Å². The van der Waals surface area contributed by atoms with E-state index in [4.69, 9.17) is 4.74 Å². The Kier molecular flexibility index (Phi) is 2.83. The number of ether oxygens (including phenoxy) is 1. The minimum atomic E-state index is 0.499. The van der Waals surface area contributed by atoms with Crippen molar-refractivity contribution in [2.75, 3.05) is 6.54 Å². The summed E-state index contributed by atoms with van der Waals surface area (Å²) < 4.78 is 5.75. The summed E-state index contributed by atoms with van der Waals surface area (Å²) in [5.74, 6) is 1.03. The predicted molar refractivity (Wildman–Crippen MR) is 64.7 cm³/mol. The van der Waals surface area contributed by atoms with Crippen LogP contribution in [0.1, 0.15) is 43.7 Å². The molecule has 0 aromatic heterocycles. The van der Waals surface area contributed by atoms with Gasteiger partial charge in [-0.15, -0.1) is 0 Å². The summed E-state index contributed by atoms with van der Waals surface area (Å²) in [4.78, 5) is 0. The van der Waals surface area contributed by atoms with Crippen molar-refractivity contribution in [3.8, 4) is 5.75 Å². The molecule has 2 heteroatoms. The van der Waals surface area contributed by atoms with Gasteiger partial charge < -0.3 is 10.1 Å². The van der Waals surface area contributed by atoms with E-state index in [1.54, 1.807) is 0 Å². The fourth-order valence-corrected chi connectivity index (χ4v) is 2.29. The van der Waals surface area contributed by atoms with Gasteiger partial charge in [0.1, 0.15) is 5.75 Å². The first kappa shape index (κ1) is 10.2. The lowest BCUT2D eigenvalue weighted by molar-refractivity contribution is 0.303. The molecule has 1 aliphatic carbocycles. The van der Waals surface area contributed by atoms with E-state index in [9.17, 15) is 0 Å². The quantitative estimate of drug-likeness (QED) is 0.840. The van der Waals surface area contributed by atoms with E-state index in [0.29, 0.717) is 12.1 Å². The van der Waals surface area contributed by atoms with Gasteiger partial charge in [0, 0.05) is 6.04 Å². The Morgan fingerprint density at radius 2 is 1.81 bits per heavy atom. The summed E-state index contributed by atoms with van der Waals surface area (Å²) in [5, 5.41) is 3.57. The van der Waals surface area contributed by atoms with Crippen LogP contribution in [-0.2, 0) is 0 Å². The van der Waals surface area contributed by atoms with E-state index >= 15 is 0 Å². The van der Waals surface area contributed by atoms with Gasteiger partial charge in [-0.2, -0.15) is 0 Å². The van der Waals surface area contributed by atoms with E-state index in [1.165, 1.54) is 37.7 Å². The Morgan fingerprint density at radius 1 is 1.00 bits per heavy atom. The molecule has 1 aromatic carbocycles. The second-order valence-corrected chi connectivity index (χ2v) is 4.89. The molecule has 0 bridgehead atoms. The molecule has 1 aromatic rings. The Hall–Kier alpha value is -1.02. The van der Waals surface area contributed by atoms with Crippen molar-refractivity contribution in [2.24, 2.45) is 0 Å². The molecule has 0 radical (unpaired) electrons. The molecule has 0 amide bonds. The molecule has 1 heterocycles. The average Bonchev–Trinajstić information content (AvgIpc) is 3.15. The maximum absolute atomic E-state index is 5.75. The predicted octanol–water partition coefficient (Wildman–Crippen LogP) is 3.04. The van der Waals surface area contributed by atoms with Crippen molar-refractivity contribution in [3.63, 3.8) is 0 Å². The van der Waals surface area contributed by atoms with Crippen molar-refractivity contribution in [3.05, 3.63) is 29.8 Å². The normalized spacial score (nSPS) is 25.4. The third kappa shape index (κ3) is 2.38. The fraction of sp³-hybridized carbons (Fsp3) is 0.571. The number of nitrogens with one attached hydrogen (secondary N) is 1. The monoisotopic (exact) mass is 217 g/mol. The molecular weight excluding hydrogens is 198 g/mol. The second-order valence-electron chi connectivity index (χ2n) is 4.89. The molecule has 0 spiro atoms. The number of hydrogen-bond acceptors (Lipinski definition) is 2. The van der Waals surface area contributed by atoms with Crippen LogP contribution in [0.4, 0.5) is 0 Å². The highest BCUT2D eigenvalue weighted by Crippen LogP contribution is 2.29. The lowest BCUT2D eigenvalue weighted by Gasteiger charge is -2.23. The minimum absolute atomic E-state index is 0.499. The molecule has 1 saturated carbocycles. The van der Waals surface area contributed by atoms with E-state index < -0.39 is 0 Å². The summed E-state index contributed by atoms with van der Waals surface area (Å²) in [7, 11) is 0. The molecule has 2 nitrogen and oxygen atoms in total. The summed E-state index contributed by atoms with van der Waals surface area (Å²) >= 11 is 0. The van der Waals surface area contributed by atoms with Gasteiger partial charge >= 0.3 is 0 Å². The molecule has 1 saturated heterocycles. The van der Waals surface area contributed by atoms with Gasteiger partial charge in [0.25, 0.3) is 0 Å². The largest absolute Gasteiger partial charge is 0.490 e. The molecule has 1 atom stereocenters. The van der Waals surface area contributed by atoms with Crippen LogP contribution < -0.4 is 10.1 Å². The lowest BCUT2D eigenvalue weighted by atomic mass is 9.98. The van der Waals surface area contributed by atoms with Crippen molar-refractivity contribution in [2.45, 2.75) is 44.2 Å². The highest BCUT2D eigenvalue weighted by atomic mass is 16.5. The summed E-state index contributed by atoms with van der Waals surface area (Å²) in [6, 6.07) is 9.21. The average molecular weight is 217 g/mol. The highest BCUT2D eigenvalue weighted by Gasteiger charge is 2.23. The van der Waals surface area contributed by atoms with Gasteiger partial charge in [-0.3, -0.25) is 0 Å². The molecule has 1 N–H and O–H groups in total. The summed E-state index contributed by atoms with van der Waals surface area (Å²) in [5.41, 5.74) is 1.41. The van der Waals surface area contributed by atoms with Crippen LogP contribution in [0.3, 0.4) is 0 Å². The van der Waals surface area contributed by atoms with Gasteiger partial charge in [0.15, 0.2) is 0 Å². The minimum Gasteiger partial charge on any atom is -0.490 e. The van der Waals surface area contributed by atoms with E-state index in [0.717, 1.165) is 12.3 Å². The summed E-state index contributed by atoms with van der Waals surface area (Å²) in [6.45, 7) is 1.16. The molecule has 3 rings (SSSR count). The SMILES string of the molecule is c1cc(C2CCCCN2)ccc1OC1CC1. The molecular formula is C14H19NO. The third-order valence-corrected chi connectivity index (χ3v) is 3.42. The molecule has 2 aliphatic rings. The first-order valence-electron chi connectivity index (χ1n) is 6.42. The van der Waals surface area contributed by atoms with Crippen LogP contribution in [0.15, 0.2) is 24.3 Å². The zero-order chi connectivity index (χ0) is 10.8. The van der Waals surface area contributed by atoms with Gasteiger partial charge in [0.05, 0.1) is 6.10 Å². The van der Waals surface area contributed by atoms with Gasteiger partial charge in [0.2, 0.25) is 0 Å². The zero-order valence-corrected chi connectivity index (χ0v) is 9.61. The smallest absolute Gasteiger partial charge is 0.119 e. The Balaban J connectivity index is 1.65. The Labute approximate surface area is 97.0 Å². The maximum Gasteiger partial charge on any atom is 0.119 e. The summed E-state index contributed by atoms with van der Waals surface area (Å²) in [6.07, 6.45) is 6.89. The van der Waals surface area contributed by atoms with Crippen molar-refractivity contribution in [1.82, 2.24) is 5.32 Å². The van der Waals surface area contributed by atoms with Crippen molar-refractivity contribution < 1.29 is 4.74 Å². The number of benzene rings is 1. The van der Waals surface area contributed by atoms with Crippen LogP contribution in [0.2, 0.25) is 0 Å². The van der Waals surface area contributed by atoms with Crippen LogP contribution in [0.25, 0.3) is 0 Å². The van der Waals surface area contributed by atoms with Gasteiger partial charge in [-0.25, -0.2) is 0 Å². The van der Waals surface area contributed by atoms with Crippen molar-refractivity contribution in [1.29, 1.82) is 0 Å². The zero-order valence-electron chi connectivity index (χ0n) is 9.61. The van der Waals surface area contributed by atoms with Gasteiger partial charge in [-0.1, -0.05) is 18.6 Å². The van der Waals surface area contributed by atoms with E-state index in [2.05, 4.69) is 29.6 Å². The first-order valence-corrected chi connectivity index (χ1v) is 6.42. The third-order valence-electron chi connectivity index (χ3n) is 3.42. The van der Waals surface area contributed by atoms with Crippen LogP contribution >= 0.6 is 0 Å². The van der Waals surface area contributed by atoms with Crippen LogP contribution in [0, 0.1) is 0 Å². The number of rotatable bonds is 3. The van der Waals surface area contributed by atoms with Crippen LogP contribution in [-0.4, -0.2) is 12.6 Å². The van der Waals surface area contributed by atoms with E-state index in [1.807, 2.05) is 0 Å². The molecule has 1 unspecified atom stereocenters. The molecule has 86 valence electrons. The molecule has 2 fully saturated rings. The molecule has 1 aliphatic heterocycles. The number of piperidine rings is 1. The van der Waals surface area contributed by atoms with Crippen LogP contribution in [0.5, 0.6) is 5.75 Å². The fourth-order valence-electron chi connectivity index (χ4n) is 2.29. The van der Waals surface area contributed by atoms with Gasteiger partial charge in [-0.05, 0) is 49.9 Å². The highest BCUT2D eigenvalue weighted by molar-refractivity contribution is 5.29. The van der Waals surface area contributed by atoms with E-state index in [-0.39, 0.29) is 0 Å². The maximum atomic E-state index is 5.75. The first-order chi connectivity index (χ1) is 7.92. The molecule has 16 heavy (non-hydrogen) atoms. The second kappa shape index (κ2) is 4.46.